The van der Waals surface area contributed by atoms with Crippen molar-refractivity contribution in [3.05, 3.63) is 47.5 Å². The Morgan fingerprint density at radius 3 is 2.53 bits per heavy atom. The van der Waals surface area contributed by atoms with Crippen LogP contribution < -0.4 is 14.4 Å². The van der Waals surface area contributed by atoms with E-state index in [4.69, 9.17) is 19.7 Å². The van der Waals surface area contributed by atoms with Crippen LogP contribution in [0.15, 0.2) is 36.4 Å². The topological polar surface area (TPSA) is 78.7 Å². The van der Waals surface area contributed by atoms with Gasteiger partial charge in [0.15, 0.2) is 16.6 Å². The zero-order valence-corrected chi connectivity index (χ0v) is 18.3. The van der Waals surface area contributed by atoms with E-state index < -0.39 is 0 Å². The minimum Gasteiger partial charge on any atom is -0.454 e. The van der Waals surface area contributed by atoms with Gasteiger partial charge in [0.2, 0.25) is 6.79 Å². The quantitative estimate of drug-likeness (QED) is 0.573. The number of fused-ring (bicyclic) bond motifs is 2. The number of amides is 1. The maximum Gasteiger partial charge on any atom is 0.260 e. The molecule has 30 heavy (non-hydrogen) atoms. The fourth-order valence-corrected chi connectivity index (χ4v) is 4.09. The van der Waals surface area contributed by atoms with Gasteiger partial charge in [-0.15, -0.1) is 12.4 Å². The monoisotopic (exact) mass is 444 g/mol. The Kier molecular flexibility index (Phi) is 6.77. The average Bonchev–Trinajstić information content (AvgIpc) is 3.34. The summed E-state index contributed by atoms with van der Waals surface area (Å²) in [6, 6.07) is 12.5. The molecule has 0 bridgehead atoms. The van der Waals surface area contributed by atoms with E-state index in [0.717, 1.165) is 23.2 Å². The van der Waals surface area contributed by atoms with Gasteiger partial charge >= 0.3 is 0 Å². The van der Waals surface area contributed by atoms with Crippen molar-refractivity contribution >= 4 is 45.0 Å². The Morgan fingerprint density at radius 2 is 1.87 bits per heavy atom. The lowest BCUT2D eigenvalue weighted by Crippen LogP contribution is -2.33. The number of thiazole rings is 1. The molecule has 0 saturated heterocycles. The van der Waals surface area contributed by atoms with Gasteiger partial charge in [-0.05, 0) is 51.3 Å². The highest BCUT2D eigenvalue weighted by molar-refractivity contribution is 7.22. The average molecular weight is 445 g/mol. The first-order chi connectivity index (χ1) is 14.0. The van der Waals surface area contributed by atoms with Crippen LogP contribution in [-0.2, 0) is 0 Å². The number of carbonyl (C=O) groups is 1. The van der Waals surface area contributed by atoms with Crippen LogP contribution in [0.3, 0.4) is 0 Å². The summed E-state index contributed by atoms with van der Waals surface area (Å²) in [7, 11) is 4.01. The molecule has 9 heteroatoms. The minimum atomic E-state index is -0.132. The maximum atomic E-state index is 13.2. The van der Waals surface area contributed by atoms with E-state index in [1.807, 2.05) is 26.2 Å². The molecular weight excluding hydrogens is 424 g/mol. The smallest absolute Gasteiger partial charge is 0.260 e. The van der Waals surface area contributed by atoms with Crippen LogP contribution in [0.2, 0.25) is 0 Å². The van der Waals surface area contributed by atoms with E-state index in [-0.39, 0.29) is 25.1 Å². The van der Waals surface area contributed by atoms with Crippen molar-refractivity contribution in [2.24, 2.45) is 0 Å². The Hall–Kier alpha value is -2.86. The number of nitriles is 1. The molecule has 3 aromatic rings. The van der Waals surface area contributed by atoms with Crippen molar-refractivity contribution in [3.8, 4) is 17.6 Å². The van der Waals surface area contributed by atoms with E-state index in [0.29, 0.717) is 34.3 Å². The molecule has 2 aromatic carbocycles. The predicted octanol–water partition coefficient (Wildman–Crippen LogP) is 3.92. The van der Waals surface area contributed by atoms with E-state index in [1.54, 1.807) is 29.2 Å². The van der Waals surface area contributed by atoms with Crippen molar-refractivity contribution in [3.63, 3.8) is 0 Å². The van der Waals surface area contributed by atoms with E-state index in [1.165, 1.54) is 11.3 Å². The molecule has 0 N–H and O–H groups in total. The lowest BCUT2D eigenvalue weighted by Gasteiger charge is -2.21. The van der Waals surface area contributed by atoms with Crippen molar-refractivity contribution in [1.29, 1.82) is 5.26 Å². The first-order valence-corrected chi connectivity index (χ1v) is 10.0. The summed E-state index contributed by atoms with van der Waals surface area (Å²) in [6.45, 7) is 1.62. The predicted molar refractivity (Wildman–Crippen MR) is 119 cm³/mol. The van der Waals surface area contributed by atoms with Gasteiger partial charge in [-0.3, -0.25) is 9.69 Å². The zero-order chi connectivity index (χ0) is 20.4. The number of benzene rings is 2. The SMILES string of the molecule is CN(C)CCCN(C(=O)c1ccc(C#N)cc1)c1nc2cc3c(cc2s1)OCO3.Cl. The van der Waals surface area contributed by atoms with Gasteiger partial charge in [0, 0.05) is 24.2 Å². The number of hydrogen-bond donors (Lipinski definition) is 0. The summed E-state index contributed by atoms with van der Waals surface area (Å²) in [4.78, 5) is 21.7. The fraction of sp³-hybridized carbons (Fsp3) is 0.286. The molecular formula is C21H21ClN4O3S. The Bertz CT molecular complexity index is 1050. The van der Waals surface area contributed by atoms with Crippen molar-refractivity contribution in [2.45, 2.75) is 6.42 Å². The zero-order valence-electron chi connectivity index (χ0n) is 16.6. The van der Waals surface area contributed by atoms with E-state index in [2.05, 4.69) is 11.0 Å². The van der Waals surface area contributed by atoms with Crippen LogP contribution in [0.5, 0.6) is 11.5 Å². The summed E-state index contributed by atoms with van der Waals surface area (Å²) >= 11 is 1.45. The molecule has 4 rings (SSSR count). The van der Waals surface area contributed by atoms with Gasteiger partial charge in [-0.1, -0.05) is 11.3 Å². The second-order valence-electron chi connectivity index (χ2n) is 6.97. The van der Waals surface area contributed by atoms with Gasteiger partial charge in [0.05, 0.1) is 21.8 Å². The number of rotatable bonds is 6. The standard InChI is InChI=1S/C21H20N4O3S.ClH/c1-24(2)8-3-9-25(20(26)15-6-4-14(12-22)5-7-15)21-23-16-10-17-18(28-13-27-17)11-19(16)29-21;/h4-7,10-11H,3,8-9,13H2,1-2H3;1H. The molecule has 7 nitrogen and oxygen atoms in total. The molecule has 1 amide bonds. The Morgan fingerprint density at radius 1 is 1.17 bits per heavy atom. The lowest BCUT2D eigenvalue weighted by atomic mass is 10.1. The highest BCUT2D eigenvalue weighted by Gasteiger charge is 2.23. The molecule has 0 aliphatic carbocycles. The van der Waals surface area contributed by atoms with Crippen molar-refractivity contribution in [2.75, 3.05) is 38.9 Å². The van der Waals surface area contributed by atoms with Crippen LogP contribution >= 0.6 is 23.7 Å². The minimum absolute atomic E-state index is 0. The summed E-state index contributed by atoms with van der Waals surface area (Å²) in [6.07, 6.45) is 0.813. The summed E-state index contributed by atoms with van der Waals surface area (Å²) < 4.78 is 11.8. The van der Waals surface area contributed by atoms with Crippen molar-refractivity contribution in [1.82, 2.24) is 9.88 Å². The van der Waals surface area contributed by atoms with Gasteiger partial charge in [0.25, 0.3) is 5.91 Å². The first kappa shape index (κ1) is 21.8. The van der Waals surface area contributed by atoms with Gasteiger partial charge in [-0.2, -0.15) is 5.26 Å². The second kappa shape index (κ2) is 9.30. The molecule has 0 saturated carbocycles. The molecule has 1 aliphatic heterocycles. The molecule has 1 aliphatic rings. The van der Waals surface area contributed by atoms with Gasteiger partial charge in [-0.25, -0.2) is 4.98 Å². The van der Waals surface area contributed by atoms with Gasteiger partial charge in [0.1, 0.15) is 0 Å². The number of anilines is 1. The highest BCUT2D eigenvalue weighted by Crippen LogP contribution is 2.40. The Labute approximate surface area is 184 Å². The summed E-state index contributed by atoms with van der Waals surface area (Å²) in [5.41, 5.74) is 1.83. The number of halogens is 1. The number of carbonyl (C=O) groups excluding carboxylic acids is 1. The number of aromatic nitrogens is 1. The van der Waals surface area contributed by atoms with E-state index in [9.17, 15) is 4.79 Å². The molecule has 0 spiro atoms. The molecule has 1 aromatic heterocycles. The largest absolute Gasteiger partial charge is 0.454 e. The molecule has 2 heterocycles. The summed E-state index contributed by atoms with van der Waals surface area (Å²) in [5, 5.41) is 9.63. The fourth-order valence-electron chi connectivity index (χ4n) is 3.09. The third-order valence-electron chi connectivity index (χ3n) is 4.60. The number of hydrogen-bond acceptors (Lipinski definition) is 7. The van der Waals surface area contributed by atoms with Crippen molar-refractivity contribution < 1.29 is 14.3 Å². The number of ether oxygens (including phenoxy) is 2. The Balaban J connectivity index is 0.00000256. The van der Waals surface area contributed by atoms with Crippen LogP contribution in [0.4, 0.5) is 5.13 Å². The summed E-state index contributed by atoms with van der Waals surface area (Å²) in [5.74, 6) is 1.24. The normalized spacial score (nSPS) is 11.9. The lowest BCUT2D eigenvalue weighted by molar-refractivity contribution is 0.0986. The first-order valence-electron chi connectivity index (χ1n) is 9.22. The van der Waals surface area contributed by atoms with Gasteiger partial charge < -0.3 is 14.4 Å². The second-order valence-corrected chi connectivity index (χ2v) is 7.98. The van der Waals surface area contributed by atoms with E-state index >= 15 is 0 Å². The highest BCUT2D eigenvalue weighted by atomic mass is 35.5. The molecule has 0 radical (unpaired) electrons. The van der Waals surface area contributed by atoms with Crippen LogP contribution in [0.25, 0.3) is 10.2 Å². The molecule has 156 valence electrons. The number of nitrogens with zero attached hydrogens (tertiary/aromatic N) is 4. The van der Waals surface area contributed by atoms with Crippen LogP contribution in [0, 0.1) is 11.3 Å². The third kappa shape index (κ3) is 4.49. The molecule has 0 fully saturated rings. The third-order valence-corrected chi connectivity index (χ3v) is 5.64. The van der Waals surface area contributed by atoms with Crippen LogP contribution in [-0.4, -0.2) is 49.8 Å². The molecule has 0 unspecified atom stereocenters. The maximum absolute atomic E-state index is 13.2. The molecule has 0 atom stereocenters. The van der Waals surface area contributed by atoms with Crippen LogP contribution in [0.1, 0.15) is 22.3 Å².